The molecule has 0 heterocycles. The van der Waals surface area contributed by atoms with Crippen molar-refractivity contribution < 1.29 is 4.79 Å². The third-order valence-corrected chi connectivity index (χ3v) is 5.25. The molecule has 2 aromatic rings. The van der Waals surface area contributed by atoms with E-state index in [0.717, 1.165) is 16.2 Å². The SMILES string of the molecule is C=CCSc1ccccc1C(=O)N[C@@H](C)c1cc(C)c(C)cc1C. The number of hydrogen-bond acceptors (Lipinski definition) is 2. The Morgan fingerprint density at radius 2 is 1.83 bits per heavy atom. The summed E-state index contributed by atoms with van der Waals surface area (Å²) < 4.78 is 0. The molecule has 3 heteroatoms. The lowest BCUT2D eigenvalue weighted by atomic mass is 9.96. The van der Waals surface area contributed by atoms with Gasteiger partial charge in [0.2, 0.25) is 0 Å². The molecule has 1 amide bonds. The standard InChI is InChI=1S/C21H25NOS/c1-6-11-24-20-10-8-7-9-18(20)21(23)22-17(5)19-13-15(3)14(2)12-16(19)4/h6-10,12-13,17H,1,11H2,2-5H3,(H,22,23)/t17-/m0/s1. The van der Waals surface area contributed by atoms with E-state index in [4.69, 9.17) is 0 Å². The Kier molecular flexibility index (Phi) is 6.27. The first kappa shape index (κ1) is 18.3. The van der Waals surface area contributed by atoms with Crippen LogP contribution >= 0.6 is 11.8 Å². The number of hydrogen-bond donors (Lipinski definition) is 1. The summed E-state index contributed by atoms with van der Waals surface area (Å²) in [6.45, 7) is 12.1. The molecule has 0 bridgehead atoms. The Morgan fingerprint density at radius 3 is 2.54 bits per heavy atom. The summed E-state index contributed by atoms with van der Waals surface area (Å²) >= 11 is 1.63. The van der Waals surface area contributed by atoms with Gasteiger partial charge in [0.1, 0.15) is 0 Å². The maximum absolute atomic E-state index is 12.7. The van der Waals surface area contributed by atoms with E-state index in [9.17, 15) is 4.79 Å². The molecule has 0 aliphatic rings. The van der Waals surface area contributed by atoms with E-state index in [2.05, 4.69) is 44.8 Å². The smallest absolute Gasteiger partial charge is 0.252 e. The number of aryl methyl sites for hydroxylation is 3. The van der Waals surface area contributed by atoms with Gasteiger partial charge in [-0.1, -0.05) is 30.3 Å². The Balaban J connectivity index is 2.21. The highest BCUT2D eigenvalue weighted by Gasteiger charge is 2.16. The van der Waals surface area contributed by atoms with Crippen molar-refractivity contribution in [1.82, 2.24) is 5.32 Å². The summed E-state index contributed by atoms with van der Waals surface area (Å²) in [6, 6.07) is 12.0. The maximum Gasteiger partial charge on any atom is 0.252 e. The van der Waals surface area contributed by atoms with Gasteiger partial charge in [-0.25, -0.2) is 0 Å². The molecule has 0 aromatic heterocycles. The molecule has 0 saturated carbocycles. The van der Waals surface area contributed by atoms with Crippen LogP contribution < -0.4 is 5.32 Å². The molecule has 0 aliphatic heterocycles. The lowest BCUT2D eigenvalue weighted by Crippen LogP contribution is -2.27. The maximum atomic E-state index is 12.7. The van der Waals surface area contributed by atoms with E-state index in [1.54, 1.807) is 11.8 Å². The number of thioether (sulfide) groups is 1. The van der Waals surface area contributed by atoms with E-state index in [0.29, 0.717) is 0 Å². The zero-order valence-corrected chi connectivity index (χ0v) is 15.7. The van der Waals surface area contributed by atoms with Gasteiger partial charge in [-0.3, -0.25) is 4.79 Å². The first-order valence-corrected chi connectivity index (χ1v) is 9.14. The van der Waals surface area contributed by atoms with E-state index in [-0.39, 0.29) is 11.9 Å². The van der Waals surface area contributed by atoms with Crippen LogP contribution in [-0.4, -0.2) is 11.7 Å². The second-order valence-electron chi connectivity index (χ2n) is 6.08. The van der Waals surface area contributed by atoms with Crippen LogP contribution in [0.15, 0.2) is 53.9 Å². The molecule has 2 nitrogen and oxygen atoms in total. The van der Waals surface area contributed by atoms with Crippen LogP contribution in [0.3, 0.4) is 0 Å². The van der Waals surface area contributed by atoms with Crippen LogP contribution in [-0.2, 0) is 0 Å². The van der Waals surface area contributed by atoms with E-state index >= 15 is 0 Å². The number of carbonyl (C=O) groups excluding carboxylic acids is 1. The highest BCUT2D eigenvalue weighted by molar-refractivity contribution is 7.99. The molecule has 0 radical (unpaired) electrons. The van der Waals surface area contributed by atoms with Crippen molar-refractivity contribution in [2.45, 2.75) is 38.6 Å². The topological polar surface area (TPSA) is 29.1 Å². The van der Waals surface area contributed by atoms with Crippen LogP contribution in [0, 0.1) is 20.8 Å². The lowest BCUT2D eigenvalue weighted by Gasteiger charge is -2.19. The highest BCUT2D eigenvalue weighted by Crippen LogP contribution is 2.25. The minimum absolute atomic E-state index is 0.0331. The molecule has 1 N–H and O–H groups in total. The molecule has 0 saturated heterocycles. The summed E-state index contributed by atoms with van der Waals surface area (Å²) in [7, 11) is 0. The molecule has 0 spiro atoms. The third-order valence-electron chi connectivity index (χ3n) is 4.18. The second-order valence-corrected chi connectivity index (χ2v) is 7.15. The molecule has 0 unspecified atom stereocenters. The molecule has 2 aromatic carbocycles. The number of amides is 1. The third kappa shape index (κ3) is 4.30. The van der Waals surface area contributed by atoms with E-state index in [1.807, 2.05) is 37.3 Å². The van der Waals surface area contributed by atoms with Crippen molar-refractivity contribution in [1.29, 1.82) is 0 Å². The van der Waals surface area contributed by atoms with Crippen LogP contribution in [0.4, 0.5) is 0 Å². The Morgan fingerprint density at radius 1 is 1.17 bits per heavy atom. The van der Waals surface area contributed by atoms with Crippen molar-refractivity contribution in [3.63, 3.8) is 0 Å². The lowest BCUT2D eigenvalue weighted by molar-refractivity contribution is 0.0937. The summed E-state index contributed by atoms with van der Waals surface area (Å²) in [6.07, 6.45) is 1.85. The fourth-order valence-corrected chi connectivity index (χ4v) is 3.52. The summed E-state index contributed by atoms with van der Waals surface area (Å²) in [5, 5.41) is 3.14. The second kappa shape index (κ2) is 8.20. The summed E-state index contributed by atoms with van der Waals surface area (Å²) in [5.74, 6) is 0.753. The van der Waals surface area contributed by atoms with Gasteiger partial charge in [-0.2, -0.15) is 0 Å². The first-order valence-electron chi connectivity index (χ1n) is 8.15. The van der Waals surface area contributed by atoms with Gasteiger partial charge >= 0.3 is 0 Å². The number of carbonyl (C=O) groups is 1. The molecule has 24 heavy (non-hydrogen) atoms. The largest absolute Gasteiger partial charge is 0.345 e. The fraction of sp³-hybridized carbons (Fsp3) is 0.286. The van der Waals surface area contributed by atoms with Gasteiger partial charge in [0.15, 0.2) is 0 Å². The zero-order chi connectivity index (χ0) is 17.7. The quantitative estimate of drug-likeness (QED) is 0.565. The van der Waals surface area contributed by atoms with Crippen LogP contribution in [0.25, 0.3) is 0 Å². The Labute approximate surface area is 149 Å². The zero-order valence-electron chi connectivity index (χ0n) is 14.8. The van der Waals surface area contributed by atoms with Gasteiger partial charge in [0, 0.05) is 10.6 Å². The predicted octanol–water partition coefficient (Wildman–Crippen LogP) is 5.38. The van der Waals surface area contributed by atoms with Crippen LogP contribution in [0.5, 0.6) is 0 Å². The van der Waals surface area contributed by atoms with Crippen molar-refractivity contribution in [2.24, 2.45) is 0 Å². The van der Waals surface area contributed by atoms with E-state index in [1.165, 1.54) is 22.3 Å². The molecular formula is C21H25NOS. The molecule has 0 fully saturated rings. The fourth-order valence-electron chi connectivity index (χ4n) is 2.73. The van der Waals surface area contributed by atoms with Gasteiger partial charge in [0.25, 0.3) is 5.91 Å². The molecule has 126 valence electrons. The normalized spacial score (nSPS) is 11.8. The van der Waals surface area contributed by atoms with Crippen molar-refractivity contribution >= 4 is 17.7 Å². The number of nitrogens with one attached hydrogen (secondary N) is 1. The van der Waals surface area contributed by atoms with Crippen molar-refractivity contribution in [3.05, 3.63) is 76.9 Å². The minimum Gasteiger partial charge on any atom is -0.345 e. The highest BCUT2D eigenvalue weighted by atomic mass is 32.2. The van der Waals surface area contributed by atoms with E-state index < -0.39 is 0 Å². The summed E-state index contributed by atoms with van der Waals surface area (Å²) in [5.41, 5.74) is 5.63. The Hall–Kier alpha value is -2.00. The van der Waals surface area contributed by atoms with Gasteiger partial charge < -0.3 is 5.32 Å². The minimum atomic E-state index is -0.0349. The predicted molar refractivity (Wildman–Crippen MR) is 104 cm³/mol. The average molecular weight is 340 g/mol. The number of benzene rings is 2. The average Bonchev–Trinajstić information content (AvgIpc) is 2.56. The molecule has 2 rings (SSSR count). The van der Waals surface area contributed by atoms with Gasteiger partial charge in [-0.15, -0.1) is 18.3 Å². The Bertz CT molecular complexity index is 751. The first-order chi connectivity index (χ1) is 11.4. The van der Waals surface area contributed by atoms with Gasteiger partial charge in [-0.05, 0) is 62.1 Å². The number of rotatable bonds is 6. The van der Waals surface area contributed by atoms with Crippen molar-refractivity contribution in [2.75, 3.05) is 5.75 Å². The summed E-state index contributed by atoms with van der Waals surface area (Å²) in [4.78, 5) is 13.7. The molecule has 1 atom stereocenters. The molecular weight excluding hydrogens is 314 g/mol. The molecule has 0 aliphatic carbocycles. The van der Waals surface area contributed by atoms with Crippen LogP contribution in [0.2, 0.25) is 0 Å². The van der Waals surface area contributed by atoms with Crippen LogP contribution in [0.1, 0.15) is 45.6 Å². The van der Waals surface area contributed by atoms with Gasteiger partial charge in [0.05, 0.1) is 11.6 Å². The monoisotopic (exact) mass is 339 g/mol. The van der Waals surface area contributed by atoms with Crippen molar-refractivity contribution in [3.8, 4) is 0 Å².